The molecule has 0 aliphatic carbocycles. The summed E-state index contributed by atoms with van der Waals surface area (Å²) >= 11 is 0. The zero-order valence-corrected chi connectivity index (χ0v) is 9.61. The number of rotatable bonds is 10. The highest BCUT2D eigenvalue weighted by atomic mass is 16.5. The van der Waals surface area contributed by atoms with Gasteiger partial charge in [-0.1, -0.05) is 0 Å². The van der Waals surface area contributed by atoms with Crippen molar-refractivity contribution >= 4 is 17.8 Å². The Balaban J connectivity index is 3.29. The molecule has 0 saturated carbocycles. The van der Waals surface area contributed by atoms with Crippen LogP contribution in [-0.4, -0.2) is 42.6 Å². The van der Waals surface area contributed by atoms with E-state index in [0.29, 0.717) is 25.8 Å². The minimum atomic E-state index is -0.856. The van der Waals surface area contributed by atoms with Gasteiger partial charge in [-0.05, 0) is 12.8 Å². The minimum absolute atomic E-state index is 0.0784. The lowest BCUT2D eigenvalue weighted by atomic mass is 10.2. The van der Waals surface area contributed by atoms with Gasteiger partial charge < -0.3 is 20.9 Å². The van der Waals surface area contributed by atoms with E-state index in [9.17, 15) is 14.4 Å². The molecule has 0 fully saturated rings. The Labute approximate surface area is 99.3 Å². The molecule has 0 aliphatic heterocycles. The molecule has 0 unspecified atom stereocenters. The van der Waals surface area contributed by atoms with Crippen LogP contribution in [0.25, 0.3) is 0 Å². The topological polar surface area (TPSA) is 119 Å². The normalized spacial score (nSPS) is 9.88. The number of carbonyl (C=O) groups is 3. The van der Waals surface area contributed by atoms with Gasteiger partial charge in [-0.2, -0.15) is 0 Å². The second-order valence-corrected chi connectivity index (χ2v) is 3.47. The summed E-state index contributed by atoms with van der Waals surface area (Å²) in [5.74, 6) is -1.56. The van der Waals surface area contributed by atoms with Gasteiger partial charge in [-0.25, -0.2) is 0 Å². The number of hydrogen-bond donors (Lipinski definition) is 3. The monoisotopic (exact) mass is 246 g/mol. The number of amides is 2. The fraction of sp³-hybridized carbons (Fsp3) is 0.700. The Bertz CT molecular complexity index is 267. The second-order valence-electron chi connectivity index (χ2n) is 3.47. The van der Waals surface area contributed by atoms with Crippen LogP contribution in [0.15, 0.2) is 0 Å². The standard InChI is InChI=1S/C10H18N2O5/c11-8(13)7-17-6-5-12-9(14)3-1-2-4-10(15)16/h1-7H2,(H2,11,13)(H,12,14)(H,15,16). The Kier molecular flexibility index (Phi) is 8.67. The van der Waals surface area contributed by atoms with Gasteiger partial charge in [0.1, 0.15) is 6.61 Å². The van der Waals surface area contributed by atoms with E-state index < -0.39 is 11.9 Å². The van der Waals surface area contributed by atoms with Crippen molar-refractivity contribution in [3.8, 4) is 0 Å². The molecule has 17 heavy (non-hydrogen) atoms. The third-order valence-corrected chi connectivity index (χ3v) is 1.86. The molecule has 0 rings (SSSR count). The Hall–Kier alpha value is -1.63. The van der Waals surface area contributed by atoms with E-state index in [1.165, 1.54) is 0 Å². The molecule has 0 aliphatic rings. The minimum Gasteiger partial charge on any atom is -0.481 e. The number of nitrogens with two attached hydrogens (primary N) is 1. The predicted octanol–water partition coefficient (Wildman–Crippen LogP) is -0.750. The summed E-state index contributed by atoms with van der Waals surface area (Å²) in [6.45, 7) is 0.378. The van der Waals surface area contributed by atoms with Crippen molar-refractivity contribution in [1.82, 2.24) is 5.32 Å². The molecular weight excluding hydrogens is 228 g/mol. The van der Waals surface area contributed by atoms with Crippen LogP contribution in [0.4, 0.5) is 0 Å². The van der Waals surface area contributed by atoms with Crippen LogP contribution in [0.1, 0.15) is 25.7 Å². The Morgan fingerprint density at radius 1 is 1.18 bits per heavy atom. The SMILES string of the molecule is NC(=O)COCCNC(=O)CCCCC(=O)O. The molecule has 0 bridgehead atoms. The van der Waals surface area contributed by atoms with E-state index in [-0.39, 0.29) is 25.5 Å². The molecule has 0 heterocycles. The van der Waals surface area contributed by atoms with Crippen molar-refractivity contribution in [2.24, 2.45) is 5.73 Å². The van der Waals surface area contributed by atoms with Gasteiger partial charge >= 0.3 is 5.97 Å². The molecule has 0 saturated heterocycles. The van der Waals surface area contributed by atoms with Crippen molar-refractivity contribution in [2.45, 2.75) is 25.7 Å². The fourth-order valence-corrected chi connectivity index (χ4v) is 1.09. The van der Waals surface area contributed by atoms with Crippen LogP contribution in [-0.2, 0) is 19.1 Å². The quantitative estimate of drug-likeness (QED) is 0.438. The van der Waals surface area contributed by atoms with Crippen molar-refractivity contribution in [1.29, 1.82) is 0 Å². The number of ether oxygens (including phenoxy) is 1. The molecular formula is C10H18N2O5. The van der Waals surface area contributed by atoms with Crippen LogP contribution < -0.4 is 11.1 Å². The van der Waals surface area contributed by atoms with Gasteiger partial charge in [0.05, 0.1) is 6.61 Å². The first kappa shape index (κ1) is 15.4. The Morgan fingerprint density at radius 3 is 2.41 bits per heavy atom. The molecule has 0 aromatic heterocycles. The van der Waals surface area contributed by atoms with E-state index in [2.05, 4.69) is 5.32 Å². The molecule has 0 aromatic rings. The highest BCUT2D eigenvalue weighted by Gasteiger charge is 2.02. The lowest BCUT2D eigenvalue weighted by Gasteiger charge is -2.04. The lowest BCUT2D eigenvalue weighted by Crippen LogP contribution is -2.28. The van der Waals surface area contributed by atoms with Crippen molar-refractivity contribution in [2.75, 3.05) is 19.8 Å². The third-order valence-electron chi connectivity index (χ3n) is 1.86. The zero-order chi connectivity index (χ0) is 13.1. The average Bonchev–Trinajstić information content (AvgIpc) is 2.23. The third kappa shape index (κ3) is 12.3. The largest absolute Gasteiger partial charge is 0.481 e. The predicted molar refractivity (Wildman–Crippen MR) is 59.1 cm³/mol. The first-order valence-corrected chi connectivity index (χ1v) is 5.37. The van der Waals surface area contributed by atoms with Gasteiger partial charge in [0.25, 0.3) is 0 Å². The highest BCUT2D eigenvalue weighted by Crippen LogP contribution is 1.99. The van der Waals surface area contributed by atoms with E-state index in [4.69, 9.17) is 15.6 Å². The molecule has 4 N–H and O–H groups in total. The number of aliphatic carboxylic acids is 1. The van der Waals surface area contributed by atoms with Crippen LogP contribution >= 0.6 is 0 Å². The zero-order valence-electron chi connectivity index (χ0n) is 9.61. The van der Waals surface area contributed by atoms with Gasteiger partial charge in [-0.15, -0.1) is 0 Å². The maximum atomic E-state index is 11.2. The maximum Gasteiger partial charge on any atom is 0.303 e. The molecule has 7 heteroatoms. The molecule has 0 atom stereocenters. The van der Waals surface area contributed by atoms with Crippen LogP contribution in [0.3, 0.4) is 0 Å². The van der Waals surface area contributed by atoms with Gasteiger partial charge in [0, 0.05) is 19.4 Å². The smallest absolute Gasteiger partial charge is 0.303 e. The van der Waals surface area contributed by atoms with Crippen LogP contribution in [0, 0.1) is 0 Å². The summed E-state index contributed by atoms with van der Waals surface area (Å²) in [7, 11) is 0. The second kappa shape index (κ2) is 9.59. The van der Waals surface area contributed by atoms with E-state index >= 15 is 0 Å². The molecule has 0 aromatic carbocycles. The highest BCUT2D eigenvalue weighted by molar-refractivity contribution is 5.76. The summed E-state index contributed by atoms with van der Waals surface area (Å²) in [4.78, 5) is 31.7. The summed E-state index contributed by atoms with van der Waals surface area (Å²) < 4.78 is 4.84. The lowest BCUT2D eigenvalue weighted by molar-refractivity contribution is -0.137. The average molecular weight is 246 g/mol. The summed E-state index contributed by atoms with van der Waals surface area (Å²) in [5.41, 5.74) is 4.84. The molecule has 0 spiro atoms. The maximum absolute atomic E-state index is 11.2. The van der Waals surface area contributed by atoms with Crippen molar-refractivity contribution in [3.63, 3.8) is 0 Å². The molecule has 98 valence electrons. The van der Waals surface area contributed by atoms with Gasteiger partial charge in [0.15, 0.2) is 0 Å². The van der Waals surface area contributed by atoms with Crippen molar-refractivity contribution < 1.29 is 24.2 Å². The Morgan fingerprint density at radius 2 is 1.82 bits per heavy atom. The number of primary amides is 1. The number of carbonyl (C=O) groups excluding carboxylic acids is 2. The van der Waals surface area contributed by atoms with E-state index in [0.717, 1.165) is 0 Å². The van der Waals surface area contributed by atoms with Gasteiger partial charge in [0.2, 0.25) is 11.8 Å². The van der Waals surface area contributed by atoms with Crippen molar-refractivity contribution in [3.05, 3.63) is 0 Å². The van der Waals surface area contributed by atoms with E-state index in [1.54, 1.807) is 0 Å². The number of carboxylic acids is 1. The number of hydrogen-bond acceptors (Lipinski definition) is 4. The van der Waals surface area contributed by atoms with Crippen LogP contribution in [0.5, 0.6) is 0 Å². The molecule has 2 amide bonds. The molecule has 0 radical (unpaired) electrons. The first-order chi connectivity index (χ1) is 8.02. The fourth-order valence-electron chi connectivity index (χ4n) is 1.09. The number of nitrogens with one attached hydrogen (secondary N) is 1. The molecule has 7 nitrogen and oxygen atoms in total. The van der Waals surface area contributed by atoms with E-state index in [1.807, 2.05) is 0 Å². The summed E-state index contributed by atoms with van der Waals surface area (Å²) in [6, 6.07) is 0. The summed E-state index contributed by atoms with van der Waals surface area (Å²) in [5, 5.41) is 11.0. The number of carboxylic acid groups (broad SMARTS) is 1. The summed E-state index contributed by atoms with van der Waals surface area (Å²) in [6.07, 6.45) is 1.40. The van der Waals surface area contributed by atoms with Gasteiger partial charge in [-0.3, -0.25) is 14.4 Å². The van der Waals surface area contributed by atoms with Crippen LogP contribution in [0.2, 0.25) is 0 Å². The first-order valence-electron chi connectivity index (χ1n) is 5.37. The number of unbranched alkanes of at least 4 members (excludes halogenated alkanes) is 1.